The molecule has 0 aliphatic carbocycles. The van der Waals surface area contributed by atoms with Crippen molar-refractivity contribution < 1.29 is 4.74 Å². The Morgan fingerprint density at radius 1 is 0.286 bits per heavy atom. The van der Waals surface area contributed by atoms with Crippen molar-refractivity contribution in [3.05, 3.63) is 322 Å². The maximum absolute atomic E-state index is 7.88. The van der Waals surface area contributed by atoms with Gasteiger partial charge in [-0.3, -0.25) is 0 Å². The van der Waals surface area contributed by atoms with Gasteiger partial charge in [0.2, 0.25) is 0 Å². The van der Waals surface area contributed by atoms with Crippen LogP contribution < -0.4 is 61.3 Å². The summed E-state index contributed by atoms with van der Waals surface area (Å²) in [6, 6.07) is 118. The summed E-state index contributed by atoms with van der Waals surface area (Å²) in [5.74, 6) is 1.66. The highest BCUT2D eigenvalue weighted by Gasteiger charge is 2.49. The third kappa shape index (κ3) is 7.87. The third-order valence-electron chi connectivity index (χ3n) is 18.9. The van der Waals surface area contributed by atoms with Crippen LogP contribution in [0.4, 0.5) is 85.3 Å². The molecule has 424 valence electrons. The van der Waals surface area contributed by atoms with E-state index in [2.05, 4.69) is 346 Å². The Kier molecular flexibility index (Phi) is 11.6. The van der Waals surface area contributed by atoms with Crippen LogP contribution in [0.2, 0.25) is 0 Å². The van der Waals surface area contributed by atoms with Crippen molar-refractivity contribution in [1.29, 1.82) is 0 Å². The van der Waals surface area contributed by atoms with Gasteiger partial charge in [0.25, 0.3) is 13.4 Å². The summed E-state index contributed by atoms with van der Waals surface area (Å²) in [5.41, 5.74) is 22.3. The normalized spacial score (nSPS) is 13.0. The molecular formula is C82H53B2N5OS. The van der Waals surface area contributed by atoms with Crippen molar-refractivity contribution >= 4 is 174 Å². The predicted octanol–water partition coefficient (Wildman–Crippen LogP) is 18.6. The lowest BCUT2D eigenvalue weighted by Crippen LogP contribution is -2.64. The summed E-state index contributed by atoms with van der Waals surface area (Å²) in [6.45, 7) is -0.400. The van der Waals surface area contributed by atoms with Crippen LogP contribution >= 0.6 is 11.3 Å². The molecule has 4 aliphatic rings. The monoisotopic (exact) mass is 1180 g/mol. The molecule has 0 N–H and O–H groups in total. The second-order valence-electron chi connectivity index (χ2n) is 23.9. The van der Waals surface area contributed by atoms with Crippen molar-refractivity contribution in [3.8, 4) is 11.5 Å². The zero-order valence-corrected chi connectivity index (χ0v) is 50.1. The standard InChI is InChI=1S/C82H53B2N5OS/c1-8-28-54(29-9-1)85(55-30-10-2-11-31-55)61-48-72-78-73(49-61)88(59-38-18-6-19-39-59)71-53-75-69(52-68(71)83(78)67-46-26-27-47-70(67)87(72)58-36-16-5-17-37-58)84-79-74(50-62(51-76(79)90-75)86(56-32-12-3-13-33-56)57-34-14-4-15-35-57)89(60-40-20-7-21-41-60)80-77-65-44-24-22-42-63(65)64-43-23-25-45-66(64)81(77)91-82(80)84/h1-53H. The SMILES string of the molecule is c1ccc(N(c2ccccc2)c2cc3c4c(c2)N(c2ccccc2)c2c(sc5c6ccccc6c6ccccc6c25)B4c2cc4c(cc2O3)N(c2ccccc2)c2cc(N(c3ccccc3)c3ccccc3)cc3c2B4c2ccccc2N3c2ccccc2)cc1. The lowest BCUT2D eigenvalue weighted by molar-refractivity contribution is 0.488. The number of anilines is 15. The van der Waals surface area contributed by atoms with E-state index < -0.39 is 0 Å². The van der Waals surface area contributed by atoms with Gasteiger partial charge in [0.15, 0.2) is 0 Å². The number of thiophene rings is 1. The number of nitrogens with zero attached hydrogens (tertiary/aromatic N) is 5. The Morgan fingerprint density at radius 2 is 0.703 bits per heavy atom. The molecule has 0 saturated carbocycles. The van der Waals surface area contributed by atoms with E-state index in [0.29, 0.717) is 0 Å². The van der Waals surface area contributed by atoms with Crippen LogP contribution in [0, 0.1) is 0 Å². The summed E-state index contributed by atoms with van der Waals surface area (Å²) < 4.78 is 10.4. The fourth-order valence-corrected chi connectivity index (χ4v) is 16.7. The van der Waals surface area contributed by atoms with Gasteiger partial charge >= 0.3 is 0 Å². The van der Waals surface area contributed by atoms with E-state index in [-0.39, 0.29) is 13.4 Å². The minimum Gasteiger partial charge on any atom is -0.458 e. The first-order chi connectivity index (χ1) is 45.2. The fraction of sp³-hybridized carbons (Fsp3) is 0. The van der Waals surface area contributed by atoms with Crippen LogP contribution in [-0.2, 0) is 0 Å². The first-order valence-electron chi connectivity index (χ1n) is 31.2. The van der Waals surface area contributed by atoms with E-state index >= 15 is 0 Å². The average molecular weight is 1180 g/mol. The van der Waals surface area contributed by atoms with Gasteiger partial charge in [0, 0.05) is 101 Å². The van der Waals surface area contributed by atoms with Crippen LogP contribution in [0.15, 0.2) is 322 Å². The van der Waals surface area contributed by atoms with Gasteiger partial charge < -0.3 is 29.2 Å². The summed E-state index contributed by atoms with van der Waals surface area (Å²) in [5, 5.41) is 6.26. The molecule has 5 heterocycles. The number of rotatable bonds is 9. The fourth-order valence-electron chi connectivity index (χ4n) is 15.3. The second kappa shape index (κ2) is 20.5. The third-order valence-corrected chi connectivity index (χ3v) is 20.2. The maximum atomic E-state index is 7.88. The average Bonchev–Trinajstić information content (AvgIpc) is 1.68. The number of hydrogen-bond donors (Lipinski definition) is 0. The van der Waals surface area contributed by atoms with Crippen molar-refractivity contribution in [3.63, 3.8) is 0 Å². The Hall–Kier alpha value is -11.5. The molecule has 14 aromatic carbocycles. The van der Waals surface area contributed by atoms with Gasteiger partial charge in [-0.1, -0.05) is 200 Å². The minimum absolute atomic E-state index is 0.176. The Bertz CT molecular complexity index is 5290. The van der Waals surface area contributed by atoms with Gasteiger partial charge in [0.05, 0.1) is 17.1 Å². The van der Waals surface area contributed by atoms with Crippen molar-refractivity contribution in [2.24, 2.45) is 0 Å². The van der Waals surface area contributed by atoms with Crippen LogP contribution in [-0.4, -0.2) is 13.4 Å². The van der Waals surface area contributed by atoms with Gasteiger partial charge in [0.1, 0.15) is 11.5 Å². The van der Waals surface area contributed by atoms with Crippen molar-refractivity contribution in [1.82, 2.24) is 0 Å². The van der Waals surface area contributed by atoms with E-state index in [0.717, 1.165) is 102 Å². The summed E-state index contributed by atoms with van der Waals surface area (Å²) >= 11 is 1.95. The van der Waals surface area contributed by atoms with Crippen LogP contribution in [0.3, 0.4) is 0 Å². The number of para-hydroxylation sites is 8. The number of fused-ring (bicyclic) bond motifs is 15. The summed E-state index contributed by atoms with van der Waals surface area (Å²) in [7, 11) is 0. The highest BCUT2D eigenvalue weighted by Crippen LogP contribution is 2.54. The Labute approximate surface area is 532 Å². The topological polar surface area (TPSA) is 25.4 Å². The molecule has 0 bridgehead atoms. The van der Waals surface area contributed by atoms with Gasteiger partial charge in [-0.2, -0.15) is 0 Å². The predicted molar refractivity (Wildman–Crippen MR) is 386 cm³/mol. The minimum atomic E-state index is -0.224. The van der Waals surface area contributed by atoms with Crippen LogP contribution in [0.5, 0.6) is 11.5 Å². The zero-order valence-electron chi connectivity index (χ0n) is 49.3. The Morgan fingerprint density at radius 3 is 1.24 bits per heavy atom. The van der Waals surface area contributed by atoms with E-state index in [4.69, 9.17) is 4.74 Å². The lowest BCUT2D eigenvalue weighted by Gasteiger charge is -2.46. The Balaban J connectivity index is 0.933. The number of benzene rings is 14. The molecule has 0 spiro atoms. The molecule has 6 nitrogen and oxygen atoms in total. The van der Waals surface area contributed by atoms with E-state index in [1.165, 1.54) is 58.5 Å². The van der Waals surface area contributed by atoms with Gasteiger partial charge in [-0.25, -0.2) is 0 Å². The summed E-state index contributed by atoms with van der Waals surface area (Å²) in [6.07, 6.45) is 0. The molecule has 0 saturated heterocycles. The molecule has 0 amide bonds. The summed E-state index contributed by atoms with van der Waals surface area (Å²) in [4.78, 5) is 12.4. The second-order valence-corrected chi connectivity index (χ2v) is 24.9. The molecule has 4 aliphatic heterocycles. The first kappa shape index (κ1) is 51.5. The quantitative estimate of drug-likeness (QED) is 0.106. The molecular weight excluding hydrogens is 1120 g/mol. The van der Waals surface area contributed by atoms with Gasteiger partial charge in [-0.05, 0) is 153 Å². The van der Waals surface area contributed by atoms with E-state index in [9.17, 15) is 0 Å². The van der Waals surface area contributed by atoms with Crippen LogP contribution in [0.1, 0.15) is 0 Å². The maximum Gasteiger partial charge on any atom is 0.268 e. The molecule has 0 unspecified atom stereocenters. The molecule has 15 aromatic rings. The molecule has 19 rings (SSSR count). The smallest absolute Gasteiger partial charge is 0.268 e. The van der Waals surface area contributed by atoms with E-state index in [1.54, 1.807) is 0 Å². The van der Waals surface area contributed by atoms with Crippen molar-refractivity contribution in [2.75, 3.05) is 24.5 Å². The largest absolute Gasteiger partial charge is 0.458 e. The molecule has 0 radical (unpaired) electrons. The lowest BCUT2D eigenvalue weighted by atomic mass is 9.31. The molecule has 0 atom stereocenters. The first-order valence-corrected chi connectivity index (χ1v) is 32.0. The highest BCUT2D eigenvalue weighted by molar-refractivity contribution is 7.34. The zero-order chi connectivity index (χ0) is 59.7. The van der Waals surface area contributed by atoms with Gasteiger partial charge in [-0.15, -0.1) is 11.3 Å². The number of ether oxygens (including phenoxy) is 1. The molecule has 0 fully saturated rings. The van der Waals surface area contributed by atoms with E-state index in [1.807, 2.05) is 11.3 Å². The molecule has 9 heteroatoms. The number of hydrogen-bond acceptors (Lipinski definition) is 7. The molecule has 91 heavy (non-hydrogen) atoms. The highest BCUT2D eigenvalue weighted by atomic mass is 32.1. The van der Waals surface area contributed by atoms with Crippen molar-refractivity contribution in [2.45, 2.75) is 0 Å². The molecule has 1 aromatic heterocycles. The van der Waals surface area contributed by atoms with Crippen LogP contribution in [0.25, 0.3) is 31.6 Å².